The monoisotopic (exact) mass is 423 g/mol. The summed E-state index contributed by atoms with van der Waals surface area (Å²) in [7, 11) is -0.157. The molecule has 0 saturated carbocycles. The van der Waals surface area contributed by atoms with Gasteiger partial charge in [0.1, 0.15) is 31.3 Å². The van der Waals surface area contributed by atoms with Crippen LogP contribution < -0.4 is 23.3 Å². The Kier molecular flexibility index (Phi) is 6.02. The first-order chi connectivity index (χ1) is 13.9. The van der Waals surface area contributed by atoms with E-state index >= 15 is 0 Å². The van der Waals surface area contributed by atoms with Gasteiger partial charge in [-0.2, -0.15) is 0 Å². The molecule has 2 aromatic carbocycles. The smallest absolute Gasteiger partial charge is 0.326 e. The summed E-state index contributed by atoms with van der Waals surface area (Å²) in [6, 6.07) is 8.91. The van der Waals surface area contributed by atoms with Crippen LogP contribution >= 0.6 is 0 Å². The summed E-state index contributed by atoms with van der Waals surface area (Å²) in [6.45, 7) is 0.136. The third-order valence-corrected chi connectivity index (χ3v) is 6.01. The Morgan fingerprint density at radius 2 is 1.72 bits per heavy atom. The molecule has 156 valence electrons. The minimum absolute atomic E-state index is 0.0736. The van der Waals surface area contributed by atoms with E-state index in [0.717, 1.165) is 4.31 Å². The van der Waals surface area contributed by atoms with Crippen molar-refractivity contribution in [2.45, 2.75) is 4.90 Å². The Balaban J connectivity index is 2.13. The topological polar surface area (TPSA) is 101 Å². The minimum atomic E-state index is -4.19. The molecule has 0 atom stereocenters. The van der Waals surface area contributed by atoms with Gasteiger partial charge in [-0.1, -0.05) is 0 Å². The predicted octanol–water partition coefficient (Wildman–Crippen LogP) is 1.84. The van der Waals surface area contributed by atoms with E-state index in [1.54, 1.807) is 12.1 Å². The molecular formula is C19H21NO8S. The zero-order valence-corrected chi connectivity index (χ0v) is 17.0. The number of nitrogens with zero attached hydrogens (tertiary/aromatic N) is 1. The van der Waals surface area contributed by atoms with Gasteiger partial charge in [-0.05, 0) is 24.3 Å². The molecule has 0 bridgehead atoms. The molecule has 0 aromatic heterocycles. The van der Waals surface area contributed by atoms with Crippen LogP contribution in [0.5, 0.6) is 23.0 Å². The van der Waals surface area contributed by atoms with Crippen molar-refractivity contribution in [1.29, 1.82) is 0 Å². The number of anilines is 1. The lowest BCUT2D eigenvalue weighted by Gasteiger charge is -2.26. The summed E-state index contributed by atoms with van der Waals surface area (Å²) in [6.07, 6.45) is 0. The summed E-state index contributed by atoms with van der Waals surface area (Å²) in [5.74, 6) is 0.668. The highest BCUT2D eigenvalue weighted by molar-refractivity contribution is 7.92. The zero-order chi connectivity index (χ0) is 21.0. The highest BCUT2D eigenvalue weighted by Crippen LogP contribution is 2.38. The van der Waals surface area contributed by atoms with Crippen LogP contribution in [0.25, 0.3) is 0 Å². The Hall–Kier alpha value is -3.14. The molecule has 2 aromatic rings. The van der Waals surface area contributed by atoms with Crippen LogP contribution in [-0.4, -0.2) is 55.5 Å². The van der Waals surface area contributed by atoms with Crippen molar-refractivity contribution in [3.63, 3.8) is 0 Å². The molecule has 0 spiro atoms. The van der Waals surface area contributed by atoms with Crippen LogP contribution in [0.1, 0.15) is 0 Å². The molecule has 0 saturated heterocycles. The number of rotatable bonds is 7. The molecule has 0 radical (unpaired) electrons. The van der Waals surface area contributed by atoms with Gasteiger partial charge in [0.2, 0.25) is 0 Å². The maximum absolute atomic E-state index is 13.5. The average molecular weight is 423 g/mol. The number of fused-ring (bicyclic) bond motifs is 1. The summed E-state index contributed by atoms with van der Waals surface area (Å²) in [5, 5.41) is 0. The fourth-order valence-corrected chi connectivity index (χ4v) is 4.21. The van der Waals surface area contributed by atoms with Gasteiger partial charge in [-0.25, -0.2) is 8.42 Å². The molecule has 0 unspecified atom stereocenters. The van der Waals surface area contributed by atoms with Crippen LogP contribution in [0.4, 0.5) is 5.69 Å². The van der Waals surface area contributed by atoms with Crippen molar-refractivity contribution < 1.29 is 36.9 Å². The molecular weight excluding hydrogens is 402 g/mol. The Morgan fingerprint density at radius 3 is 2.38 bits per heavy atom. The van der Waals surface area contributed by atoms with Crippen LogP contribution in [0.3, 0.4) is 0 Å². The van der Waals surface area contributed by atoms with Gasteiger partial charge >= 0.3 is 5.97 Å². The lowest BCUT2D eigenvalue weighted by molar-refractivity contribution is -0.138. The van der Waals surface area contributed by atoms with Gasteiger partial charge in [-0.3, -0.25) is 9.10 Å². The molecule has 9 nitrogen and oxygen atoms in total. The number of carbonyl (C=O) groups excluding carboxylic acids is 1. The number of sulfonamides is 1. The van der Waals surface area contributed by atoms with Crippen molar-refractivity contribution in [2.75, 3.05) is 45.4 Å². The fourth-order valence-electron chi connectivity index (χ4n) is 2.78. The Labute approximate surface area is 168 Å². The van der Waals surface area contributed by atoms with E-state index in [-0.39, 0.29) is 16.3 Å². The lowest BCUT2D eigenvalue weighted by atomic mass is 10.2. The predicted molar refractivity (Wildman–Crippen MR) is 104 cm³/mol. The normalized spacial score (nSPS) is 12.8. The Morgan fingerprint density at radius 1 is 1.00 bits per heavy atom. The molecule has 3 rings (SSSR count). The molecule has 0 amide bonds. The largest absolute Gasteiger partial charge is 0.497 e. The molecule has 1 aliphatic rings. The quantitative estimate of drug-likeness (QED) is 0.622. The second-order valence-electron chi connectivity index (χ2n) is 5.93. The van der Waals surface area contributed by atoms with Gasteiger partial charge in [0.05, 0.1) is 31.9 Å². The SMILES string of the molecule is COC(=O)CN(c1cc(OC)ccc1OC)S(=O)(=O)c1ccc2c(c1)OCCO2. The molecule has 0 N–H and O–H groups in total. The van der Waals surface area contributed by atoms with Crippen molar-refractivity contribution in [3.8, 4) is 23.0 Å². The van der Waals surface area contributed by atoms with E-state index < -0.39 is 22.5 Å². The fraction of sp³-hybridized carbons (Fsp3) is 0.316. The second kappa shape index (κ2) is 8.48. The standard InChI is InChI=1S/C19H21NO8S/c1-24-13-4-6-16(25-2)15(10-13)20(12-19(21)26-3)29(22,23)14-5-7-17-18(11-14)28-9-8-27-17/h4-7,10-11H,8-9,12H2,1-3H3. The summed E-state index contributed by atoms with van der Waals surface area (Å²) in [5.41, 5.74) is 0.132. The van der Waals surface area contributed by atoms with Crippen molar-refractivity contribution in [3.05, 3.63) is 36.4 Å². The third kappa shape index (κ3) is 4.16. The second-order valence-corrected chi connectivity index (χ2v) is 7.79. The first-order valence-corrected chi connectivity index (χ1v) is 10.1. The first-order valence-electron chi connectivity index (χ1n) is 8.62. The lowest BCUT2D eigenvalue weighted by Crippen LogP contribution is -2.36. The van der Waals surface area contributed by atoms with Crippen LogP contribution in [0.15, 0.2) is 41.3 Å². The van der Waals surface area contributed by atoms with E-state index in [2.05, 4.69) is 0 Å². The van der Waals surface area contributed by atoms with Gasteiger partial charge < -0.3 is 23.7 Å². The average Bonchev–Trinajstić information content (AvgIpc) is 2.76. The highest BCUT2D eigenvalue weighted by Gasteiger charge is 2.31. The van der Waals surface area contributed by atoms with E-state index in [1.807, 2.05) is 0 Å². The maximum Gasteiger partial charge on any atom is 0.326 e. The number of hydrogen-bond acceptors (Lipinski definition) is 8. The molecule has 29 heavy (non-hydrogen) atoms. The molecule has 1 aliphatic heterocycles. The molecule has 10 heteroatoms. The zero-order valence-electron chi connectivity index (χ0n) is 16.2. The van der Waals surface area contributed by atoms with Crippen LogP contribution in [0, 0.1) is 0 Å². The summed E-state index contributed by atoms with van der Waals surface area (Å²) >= 11 is 0. The minimum Gasteiger partial charge on any atom is -0.497 e. The highest BCUT2D eigenvalue weighted by atomic mass is 32.2. The van der Waals surface area contributed by atoms with E-state index in [9.17, 15) is 13.2 Å². The third-order valence-electron chi connectivity index (χ3n) is 4.26. The van der Waals surface area contributed by atoms with Crippen LogP contribution in [0.2, 0.25) is 0 Å². The first kappa shape index (κ1) is 20.6. The maximum atomic E-state index is 13.5. The van der Waals surface area contributed by atoms with Crippen LogP contribution in [-0.2, 0) is 19.6 Å². The number of ether oxygens (including phenoxy) is 5. The molecule has 0 fully saturated rings. The molecule has 0 aliphatic carbocycles. The van der Waals surface area contributed by atoms with Gasteiger partial charge in [0.15, 0.2) is 11.5 Å². The number of esters is 1. The van der Waals surface area contributed by atoms with E-state index in [4.69, 9.17) is 23.7 Å². The van der Waals surface area contributed by atoms with Gasteiger partial charge in [-0.15, -0.1) is 0 Å². The molecule has 1 heterocycles. The number of methoxy groups -OCH3 is 3. The Bertz CT molecular complexity index is 1010. The van der Waals surface area contributed by atoms with Crippen molar-refractivity contribution >= 4 is 21.7 Å². The number of carbonyl (C=O) groups is 1. The number of hydrogen-bond donors (Lipinski definition) is 0. The van der Waals surface area contributed by atoms with Gasteiger partial charge in [0, 0.05) is 12.1 Å². The number of benzene rings is 2. The summed E-state index contributed by atoms with van der Waals surface area (Å²) < 4.78 is 54.0. The van der Waals surface area contributed by atoms with E-state index in [0.29, 0.717) is 30.5 Å². The van der Waals surface area contributed by atoms with E-state index in [1.165, 1.54) is 45.6 Å². The van der Waals surface area contributed by atoms with Crippen molar-refractivity contribution in [1.82, 2.24) is 0 Å². The van der Waals surface area contributed by atoms with Gasteiger partial charge in [0.25, 0.3) is 10.0 Å². The summed E-state index contributed by atoms with van der Waals surface area (Å²) in [4.78, 5) is 11.9. The van der Waals surface area contributed by atoms with Crippen molar-refractivity contribution in [2.24, 2.45) is 0 Å².